The fourth-order valence-electron chi connectivity index (χ4n) is 2.72. The van der Waals surface area contributed by atoms with E-state index in [1.807, 2.05) is 37.3 Å². The second-order valence-corrected chi connectivity index (χ2v) is 5.76. The number of amides is 1. The molecule has 1 amide bonds. The number of ether oxygens (including phenoxy) is 2. The van der Waals surface area contributed by atoms with Crippen LogP contribution in [0.5, 0.6) is 5.88 Å². The first-order valence-electron chi connectivity index (χ1n) is 8.64. The van der Waals surface area contributed by atoms with Gasteiger partial charge in [-0.15, -0.1) is 0 Å². The third-order valence-electron chi connectivity index (χ3n) is 4.02. The highest BCUT2D eigenvalue weighted by Crippen LogP contribution is 2.19. The number of carbonyl (C=O) groups excluding carboxylic acids is 1. The van der Waals surface area contributed by atoms with Crippen molar-refractivity contribution < 1.29 is 14.3 Å². The molecule has 7 nitrogen and oxygen atoms in total. The standard InChI is InChI=1S/C18H24N4O3/c1-2-25-17-14-16(20-22(17)15-6-4-3-5-7-15)18(23)19-8-9-21-10-12-24-13-11-21/h3-7,14H,2,8-13H2,1H3,(H,19,23). The van der Waals surface area contributed by atoms with Gasteiger partial charge in [-0.3, -0.25) is 9.69 Å². The molecule has 25 heavy (non-hydrogen) atoms. The number of hydrogen-bond acceptors (Lipinski definition) is 5. The summed E-state index contributed by atoms with van der Waals surface area (Å²) in [6, 6.07) is 11.3. The van der Waals surface area contributed by atoms with E-state index in [4.69, 9.17) is 9.47 Å². The number of para-hydroxylation sites is 1. The van der Waals surface area contributed by atoms with Gasteiger partial charge in [0.15, 0.2) is 5.69 Å². The molecule has 1 saturated heterocycles. The van der Waals surface area contributed by atoms with Crippen molar-refractivity contribution in [1.82, 2.24) is 20.0 Å². The first-order valence-corrected chi connectivity index (χ1v) is 8.64. The number of rotatable bonds is 7. The van der Waals surface area contributed by atoms with Gasteiger partial charge in [0.2, 0.25) is 5.88 Å². The van der Waals surface area contributed by atoms with Crippen LogP contribution in [0.3, 0.4) is 0 Å². The van der Waals surface area contributed by atoms with Gasteiger partial charge in [0.05, 0.1) is 25.5 Å². The molecule has 1 aliphatic rings. The SMILES string of the molecule is CCOc1cc(C(=O)NCCN2CCOCC2)nn1-c1ccccc1. The van der Waals surface area contributed by atoms with Crippen molar-refractivity contribution in [1.29, 1.82) is 0 Å². The molecule has 0 unspecified atom stereocenters. The fraction of sp³-hybridized carbons (Fsp3) is 0.444. The maximum atomic E-state index is 12.4. The minimum Gasteiger partial charge on any atom is -0.478 e. The van der Waals surface area contributed by atoms with E-state index in [0.29, 0.717) is 24.7 Å². The third kappa shape index (κ3) is 4.58. The molecule has 2 aromatic rings. The molecule has 1 aliphatic heterocycles. The Morgan fingerprint density at radius 1 is 1.28 bits per heavy atom. The largest absolute Gasteiger partial charge is 0.478 e. The molecule has 7 heteroatoms. The van der Waals surface area contributed by atoms with Crippen LogP contribution in [0.15, 0.2) is 36.4 Å². The summed E-state index contributed by atoms with van der Waals surface area (Å²) in [5.74, 6) is 0.371. The Kier molecular flexibility index (Phi) is 6.03. The summed E-state index contributed by atoms with van der Waals surface area (Å²) in [6.45, 7) is 7.15. The van der Waals surface area contributed by atoms with Crippen LogP contribution in [0.2, 0.25) is 0 Å². The Morgan fingerprint density at radius 2 is 2.04 bits per heavy atom. The zero-order valence-electron chi connectivity index (χ0n) is 14.5. The fourth-order valence-corrected chi connectivity index (χ4v) is 2.72. The number of hydrogen-bond donors (Lipinski definition) is 1. The summed E-state index contributed by atoms with van der Waals surface area (Å²) in [4.78, 5) is 14.7. The molecule has 0 spiro atoms. The molecule has 0 saturated carbocycles. The molecule has 1 fully saturated rings. The Labute approximate surface area is 147 Å². The summed E-state index contributed by atoms with van der Waals surface area (Å²) in [7, 11) is 0. The highest BCUT2D eigenvalue weighted by atomic mass is 16.5. The minimum absolute atomic E-state index is 0.191. The zero-order chi connectivity index (χ0) is 17.5. The first kappa shape index (κ1) is 17.4. The predicted octanol–water partition coefficient (Wildman–Crippen LogP) is 1.33. The summed E-state index contributed by atoms with van der Waals surface area (Å²) >= 11 is 0. The molecule has 0 aliphatic carbocycles. The van der Waals surface area contributed by atoms with Gasteiger partial charge < -0.3 is 14.8 Å². The molecule has 134 valence electrons. The number of benzene rings is 1. The summed E-state index contributed by atoms with van der Waals surface area (Å²) in [6.07, 6.45) is 0. The number of nitrogens with zero attached hydrogens (tertiary/aromatic N) is 3. The van der Waals surface area contributed by atoms with E-state index in [0.717, 1.165) is 38.5 Å². The molecular formula is C18H24N4O3. The lowest BCUT2D eigenvalue weighted by molar-refractivity contribution is 0.0383. The van der Waals surface area contributed by atoms with Crippen molar-refractivity contribution in [2.45, 2.75) is 6.92 Å². The Balaban J connectivity index is 1.63. The number of morpholine rings is 1. The molecule has 1 N–H and O–H groups in total. The van der Waals surface area contributed by atoms with E-state index in [9.17, 15) is 4.79 Å². The first-order chi connectivity index (χ1) is 12.3. The van der Waals surface area contributed by atoms with Gasteiger partial charge in [0, 0.05) is 32.2 Å². The van der Waals surface area contributed by atoms with E-state index >= 15 is 0 Å². The highest BCUT2D eigenvalue weighted by molar-refractivity contribution is 5.92. The monoisotopic (exact) mass is 344 g/mol. The smallest absolute Gasteiger partial charge is 0.271 e. The average Bonchev–Trinajstić information content (AvgIpc) is 3.08. The van der Waals surface area contributed by atoms with Gasteiger partial charge >= 0.3 is 0 Å². The Bertz CT molecular complexity index is 681. The van der Waals surface area contributed by atoms with Crippen molar-refractivity contribution in [3.63, 3.8) is 0 Å². The van der Waals surface area contributed by atoms with Crippen molar-refractivity contribution in [3.05, 3.63) is 42.1 Å². The van der Waals surface area contributed by atoms with E-state index in [1.54, 1.807) is 10.7 Å². The van der Waals surface area contributed by atoms with Crippen LogP contribution in [-0.4, -0.2) is 66.6 Å². The molecule has 2 heterocycles. The summed E-state index contributed by atoms with van der Waals surface area (Å²) < 4.78 is 12.6. The zero-order valence-corrected chi connectivity index (χ0v) is 14.5. The molecule has 3 rings (SSSR count). The van der Waals surface area contributed by atoms with Gasteiger partial charge in [-0.2, -0.15) is 5.10 Å². The molecular weight excluding hydrogens is 320 g/mol. The lowest BCUT2D eigenvalue weighted by Gasteiger charge is -2.26. The third-order valence-corrected chi connectivity index (χ3v) is 4.02. The highest BCUT2D eigenvalue weighted by Gasteiger charge is 2.17. The van der Waals surface area contributed by atoms with Gasteiger partial charge in [-0.1, -0.05) is 18.2 Å². The van der Waals surface area contributed by atoms with Crippen LogP contribution in [0.4, 0.5) is 0 Å². The number of nitrogens with one attached hydrogen (secondary N) is 1. The maximum absolute atomic E-state index is 12.4. The molecule has 0 atom stereocenters. The van der Waals surface area contributed by atoms with Gasteiger partial charge in [-0.05, 0) is 19.1 Å². The van der Waals surface area contributed by atoms with E-state index < -0.39 is 0 Å². The van der Waals surface area contributed by atoms with Gasteiger partial charge in [-0.25, -0.2) is 4.68 Å². The lowest BCUT2D eigenvalue weighted by Crippen LogP contribution is -2.41. The van der Waals surface area contributed by atoms with Crippen molar-refractivity contribution in [2.24, 2.45) is 0 Å². The predicted molar refractivity (Wildman–Crippen MR) is 94.3 cm³/mol. The number of aromatic nitrogens is 2. The number of carbonyl (C=O) groups is 1. The normalized spacial score (nSPS) is 15.1. The van der Waals surface area contributed by atoms with Crippen LogP contribution in [0.25, 0.3) is 5.69 Å². The van der Waals surface area contributed by atoms with Crippen molar-refractivity contribution >= 4 is 5.91 Å². The van der Waals surface area contributed by atoms with Crippen LogP contribution < -0.4 is 10.1 Å². The van der Waals surface area contributed by atoms with E-state index in [2.05, 4.69) is 15.3 Å². The maximum Gasteiger partial charge on any atom is 0.271 e. The van der Waals surface area contributed by atoms with Gasteiger partial charge in [0.1, 0.15) is 0 Å². The lowest BCUT2D eigenvalue weighted by atomic mass is 10.3. The van der Waals surface area contributed by atoms with Crippen LogP contribution in [0.1, 0.15) is 17.4 Å². The minimum atomic E-state index is -0.191. The Hall–Kier alpha value is -2.38. The molecule has 0 radical (unpaired) electrons. The van der Waals surface area contributed by atoms with Crippen LogP contribution in [0, 0.1) is 0 Å². The Morgan fingerprint density at radius 3 is 2.76 bits per heavy atom. The topological polar surface area (TPSA) is 68.6 Å². The molecule has 1 aromatic heterocycles. The average molecular weight is 344 g/mol. The van der Waals surface area contributed by atoms with Crippen LogP contribution >= 0.6 is 0 Å². The summed E-state index contributed by atoms with van der Waals surface area (Å²) in [5, 5.41) is 7.34. The van der Waals surface area contributed by atoms with Crippen molar-refractivity contribution in [3.8, 4) is 11.6 Å². The second kappa shape index (κ2) is 8.64. The quantitative estimate of drug-likeness (QED) is 0.821. The van der Waals surface area contributed by atoms with Gasteiger partial charge in [0.25, 0.3) is 5.91 Å². The summed E-state index contributed by atoms with van der Waals surface area (Å²) in [5.41, 5.74) is 1.22. The van der Waals surface area contributed by atoms with Crippen LogP contribution in [-0.2, 0) is 4.74 Å². The molecule has 1 aromatic carbocycles. The van der Waals surface area contributed by atoms with Crippen molar-refractivity contribution in [2.75, 3.05) is 46.0 Å². The van der Waals surface area contributed by atoms with E-state index in [1.165, 1.54) is 0 Å². The molecule has 0 bridgehead atoms. The second-order valence-electron chi connectivity index (χ2n) is 5.76. The van der Waals surface area contributed by atoms with E-state index in [-0.39, 0.29) is 5.91 Å².